The standard InChI is InChI=1S/C36H47ClN2O12/c1-21-16-27-26-11-8-23-18-24(40)12-13-33(23,2)35(26,37)29(41)19-34(27,3)36(21,45)30(42)20-49-32(44)51-25-9-6-22(7-10-25)17-28(38)31(43)48-14-4-5-15-50-39(46)47/h6-7,9-10,12-13,18,21,26-29,41,45-47H,4-5,8,11,14-17,19-20,38H2,1-3H3/t21-,26-,27-,28?,29-,33-,34-,35-,36-/m0/s1. The van der Waals surface area contributed by atoms with E-state index in [9.17, 15) is 29.4 Å². The van der Waals surface area contributed by atoms with Gasteiger partial charge in [-0.15, -0.1) is 11.6 Å². The van der Waals surface area contributed by atoms with Gasteiger partial charge in [-0.3, -0.25) is 29.6 Å². The molecule has 3 fully saturated rings. The van der Waals surface area contributed by atoms with Crippen LogP contribution in [0.1, 0.15) is 64.9 Å². The molecule has 1 aromatic carbocycles. The molecule has 0 aliphatic heterocycles. The predicted octanol–water partition coefficient (Wildman–Crippen LogP) is 3.59. The maximum atomic E-state index is 13.8. The molecule has 4 aliphatic carbocycles. The lowest BCUT2D eigenvalue weighted by Gasteiger charge is -2.63. The molecule has 3 saturated carbocycles. The van der Waals surface area contributed by atoms with Gasteiger partial charge in [0.25, 0.3) is 0 Å². The summed E-state index contributed by atoms with van der Waals surface area (Å²) in [4.78, 5) is 54.0. The molecule has 0 radical (unpaired) electrons. The van der Waals surface area contributed by atoms with Crippen molar-refractivity contribution >= 4 is 35.3 Å². The first-order valence-electron chi connectivity index (χ1n) is 17.2. The zero-order chi connectivity index (χ0) is 37.4. The molecule has 14 nitrogen and oxygen atoms in total. The Bertz CT molecular complexity index is 1570. The number of hydrogen-bond acceptors (Lipinski definition) is 14. The molecule has 4 aliphatic rings. The van der Waals surface area contributed by atoms with Crippen molar-refractivity contribution in [3.8, 4) is 5.75 Å². The van der Waals surface area contributed by atoms with Crippen LogP contribution in [0.5, 0.6) is 5.75 Å². The number of benzene rings is 1. The van der Waals surface area contributed by atoms with Crippen molar-refractivity contribution in [2.45, 2.75) is 88.3 Å². The molecule has 0 heterocycles. The van der Waals surface area contributed by atoms with Crippen molar-refractivity contribution in [3.05, 3.63) is 53.6 Å². The molecule has 1 unspecified atom stereocenters. The SMILES string of the molecule is C[C@H]1C[C@H]2[C@@H]3CCC4=CC(=O)C=C[C@]4(C)[C@@]3(Cl)[C@@H](O)C[C@]2(C)[C@@]1(O)C(=O)COC(=O)Oc1ccc(CC(N)C(=O)OCCCCON(O)O)cc1. The number of halogens is 1. The van der Waals surface area contributed by atoms with Crippen molar-refractivity contribution in [3.63, 3.8) is 0 Å². The third-order valence-electron chi connectivity index (χ3n) is 11.8. The fourth-order valence-electron chi connectivity index (χ4n) is 9.16. The first-order valence-corrected chi connectivity index (χ1v) is 17.6. The van der Waals surface area contributed by atoms with Crippen molar-refractivity contribution < 1.29 is 58.9 Å². The lowest BCUT2D eigenvalue weighted by molar-refractivity contribution is -0.492. The number of nitrogens with two attached hydrogens (primary N) is 1. The molecule has 5 rings (SSSR count). The highest BCUT2D eigenvalue weighted by Crippen LogP contribution is 2.71. The van der Waals surface area contributed by atoms with Crippen LogP contribution in [0.2, 0.25) is 0 Å². The molecule has 1 aromatic rings. The maximum Gasteiger partial charge on any atom is 0.514 e. The highest BCUT2D eigenvalue weighted by Gasteiger charge is 2.74. The van der Waals surface area contributed by atoms with E-state index in [1.54, 1.807) is 38.1 Å². The van der Waals surface area contributed by atoms with Crippen molar-refractivity contribution in [2.75, 3.05) is 19.8 Å². The van der Waals surface area contributed by atoms with E-state index in [2.05, 4.69) is 4.84 Å². The molecule has 0 spiro atoms. The summed E-state index contributed by atoms with van der Waals surface area (Å²) in [6.45, 7) is 4.90. The van der Waals surface area contributed by atoms with E-state index < -0.39 is 69.3 Å². The number of aliphatic hydroxyl groups excluding tert-OH is 1. The molecule has 0 saturated heterocycles. The van der Waals surface area contributed by atoms with Gasteiger partial charge in [0, 0.05) is 10.8 Å². The Balaban J connectivity index is 1.15. The summed E-state index contributed by atoms with van der Waals surface area (Å²) in [6, 6.07) is 5.22. The Morgan fingerprint density at radius 1 is 1.08 bits per heavy atom. The average molecular weight is 735 g/mol. The number of alkyl halides is 1. The number of esters is 1. The quantitative estimate of drug-likeness (QED) is 0.0644. The first kappa shape index (κ1) is 39.0. The molecule has 15 heteroatoms. The molecular weight excluding hydrogens is 688 g/mol. The molecule has 0 bridgehead atoms. The van der Waals surface area contributed by atoms with Gasteiger partial charge in [-0.25, -0.2) is 4.79 Å². The summed E-state index contributed by atoms with van der Waals surface area (Å²) in [5.74, 6) is -2.30. The third kappa shape index (κ3) is 7.12. The number of fused-ring (bicyclic) bond motifs is 5. The second kappa shape index (κ2) is 15.0. The maximum absolute atomic E-state index is 13.8. The number of nitrogens with zero attached hydrogens (tertiary/aromatic N) is 1. The Morgan fingerprint density at radius 2 is 1.76 bits per heavy atom. The summed E-state index contributed by atoms with van der Waals surface area (Å²) in [7, 11) is 0. The molecule has 0 aromatic heterocycles. The fourth-order valence-corrected chi connectivity index (χ4v) is 9.68. The van der Waals surface area contributed by atoms with Gasteiger partial charge in [0.05, 0.1) is 29.6 Å². The highest BCUT2D eigenvalue weighted by atomic mass is 35.5. The number of rotatable bonds is 13. The van der Waals surface area contributed by atoms with Crippen LogP contribution in [0.4, 0.5) is 4.79 Å². The Labute approximate surface area is 301 Å². The van der Waals surface area contributed by atoms with Crippen molar-refractivity contribution in [1.82, 2.24) is 5.39 Å². The van der Waals surface area contributed by atoms with Gasteiger partial charge < -0.3 is 30.2 Å². The van der Waals surface area contributed by atoms with E-state index in [-0.39, 0.29) is 49.4 Å². The molecule has 9 atom stereocenters. The highest BCUT2D eigenvalue weighted by molar-refractivity contribution is 6.26. The van der Waals surface area contributed by atoms with E-state index in [0.29, 0.717) is 37.7 Å². The van der Waals surface area contributed by atoms with Crippen LogP contribution < -0.4 is 10.5 Å². The minimum Gasteiger partial charge on any atom is -0.465 e. The summed E-state index contributed by atoms with van der Waals surface area (Å²) >= 11 is 7.46. The molecular formula is C36H47ClN2O12. The summed E-state index contributed by atoms with van der Waals surface area (Å²) in [6.07, 6.45) is 5.35. The first-order chi connectivity index (χ1) is 24.0. The predicted molar refractivity (Wildman–Crippen MR) is 179 cm³/mol. The molecule has 51 heavy (non-hydrogen) atoms. The zero-order valence-corrected chi connectivity index (χ0v) is 29.7. The van der Waals surface area contributed by atoms with Gasteiger partial charge in [-0.2, -0.15) is 0 Å². The van der Waals surface area contributed by atoms with Crippen LogP contribution in [0, 0.1) is 28.6 Å². The van der Waals surface area contributed by atoms with Crippen LogP contribution in [-0.2, 0) is 35.1 Å². The van der Waals surface area contributed by atoms with E-state index in [0.717, 1.165) is 5.57 Å². The minimum absolute atomic E-state index is 0.0278. The summed E-state index contributed by atoms with van der Waals surface area (Å²) in [5, 5.41) is 40.5. The topological polar surface area (TPSA) is 215 Å². The van der Waals surface area contributed by atoms with Crippen molar-refractivity contribution in [1.29, 1.82) is 0 Å². The van der Waals surface area contributed by atoms with Gasteiger partial charge >= 0.3 is 12.1 Å². The van der Waals surface area contributed by atoms with Crippen molar-refractivity contribution in [2.24, 2.45) is 34.3 Å². The van der Waals surface area contributed by atoms with Gasteiger partial charge in [0.2, 0.25) is 5.78 Å². The monoisotopic (exact) mass is 734 g/mol. The number of carbonyl (C=O) groups excluding carboxylic acids is 4. The second-order valence-corrected chi connectivity index (χ2v) is 15.3. The van der Waals surface area contributed by atoms with Gasteiger partial charge in [0.15, 0.2) is 12.4 Å². The Kier molecular flexibility index (Phi) is 11.5. The second-order valence-electron chi connectivity index (χ2n) is 14.6. The number of unbranched alkanes of at least 4 members (excludes halogenated alkanes) is 1. The van der Waals surface area contributed by atoms with Crippen LogP contribution in [-0.4, -0.2) is 92.2 Å². The van der Waals surface area contributed by atoms with Crippen LogP contribution >= 0.6 is 11.6 Å². The number of allylic oxidation sites excluding steroid dienone is 4. The molecule has 6 N–H and O–H groups in total. The number of carbonyl (C=O) groups is 4. The van der Waals surface area contributed by atoms with E-state index >= 15 is 0 Å². The lowest BCUT2D eigenvalue weighted by atomic mass is 9.45. The Morgan fingerprint density at radius 3 is 2.45 bits per heavy atom. The zero-order valence-electron chi connectivity index (χ0n) is 29.0. The van der Waals surface area contributed by atoms with Crippen LogP contribution in [0.15, 0.2) is 48.1 Å². The van der Waals surface area contributed by atoms with E-state index in [1.165, 1.54) is 18.2 Å². The number of ether oxygens (including phenoxy) is 3. The Hall–Kier alpha value is -3.21. The fraction of sp³-hybridized carbons (Fsp3) is 0.611. The lowest BCUT2D eigenvalue weighted by Crippen LogP contribution is -2.69. The average Bonchev–Trinajstić information content (AvgIpc) is 3.28. The summed E-state index contributed by atoms with van der Waals surface area (Å²) in [5.41, 5.74) is 3.75. The van der Waals surface area contributed by atoms with E-state index in [4.69, 9.17) is 42.0 Å². The number of Topliss-reactive ketones (excluding diaryl/α,β-unsaturated/α-hetero) is 1. The largest absolute Gasteiger partial charge is 0.514 e. The third-order valence-corrected chi connectivity index (χ3v) is 12.8. The molecule has 280 valence electrons. The van der Waals surface area contributed by atoms with Crippen LogP contribution in [0.3, 0.4) is 0 Å². The van der Waals surface area contributed by atoms with Gasteiger partial charge in [-0.05, 0) is 92.5 Å². The number of ketones is 2. The number of hydrogen-bond donors (Lipinski definition) is 5. The number of aliphatic hydroxyl groups is 2. The minimum atomic E-state index is -1.91. The van der Waals surface area contributed by atoms with E-state index in [1.807, 2.05) is 6.92 Å². The van der Waals surface area contributed by atoms with Gasteiger partial charge in [0.1, 0.15) is 17.4 Å². The summed E-state index contributed by atoms with van der Waals surface area (Å²) < 4.78 is 15.6. The smallest absolute Gasteiger partial charge is 0.465 e. The molecule has 0 amide bonds. The van der Waals surface area contributed by atoms with Gasteiger partial charge in [-0.1, -0.05) is 44.6 Å². The van der Waals surface area contributed by atoms with Crippen LogP contribution in [0.25, 0.3) is 0 Å². The normalized spacial score (nSPS) is 34.5.